The Morgan fingerprint density at radius 3 is 2.47 bits per heavy atom. The Hall–Kier alpha value is -2.89. The number of ether oxygens (including phenoxy) is 3. The van der Waals surface area contributed by atoms with Gasteiger partial charge in [0.2, 0.25) is 0 Å². The number of urea groups is 1. The van der Waals surface area contributed by atoms with Crippen LogP contribution in [0, 0.1) is 13.8 Å². The Kier molecular flexibility index (Phi) is 7.44. The van der Waals surface area contributed by atoms with E-state index in [0.29, 0.717) is 23.8 Å². The molecule has 3 rings (SSSR count). The minimum Gasteiger partial charge on any atom is -0.493 e. The Morgan fingerprint density at radius 1 is 1.10 bits per heavy atom. The second-order valence-corrected chi connectivity index (χ2v) is 7.92. The number of rotatable bonds is 8. The average molecular weight is 413 g/mol. The maximum Gasteiger partial charge on any atom is 0.319 e. The average Bonchev–Trinajstić information content (AvgIpc) is 3.21. The highest BCUT2D eigenvalue weighted by Gasteiger charge is 2.19. The molecule has 0 aromatic heterocycles. The number of amides is 2. The van der Waals surface area contributed by atoms with E-state index < -0.39 is 0 Å². The normalized spacial score (nSPS) is 14.8. The van der Waals surface area contributed by atoms with E-state index in [1.165, 1.54) is 12.8 Å². The summed E-state index contributed by atoms with van der Waals surface area (Å²) in [6, 6.07) is 11.0. The third-order valence-corrected chi connectivity index (χ3v) is 5.28. The zero-order valence-corrected chi connectivity index (χ0v) is 18.3. The van der Waals surface area contributed by atoms with Crippen LogP contribution < -0.4 is 24.8 Å². The maximum atomic E-state index is 12.4. The predicted octanol–water partition coefficient (Wildman–Crippen LogP) is 5.22. The van der Waals surface area contributed by atoms with E-state index in [0.717, 1.165) is 29.7 Å². The molecular formula is C24H32N2O4. The first-order valence-electron chi connectivity index (χ1n) is 10.6. The quantitative estimate of drug-likeness (QED) is 0.623. The van der Waals surface area contributed by atoms with Gasteiger partial charge in [0, 0.05) is 11.8 Å². The van der Waals surface area contributed by atoms with E-state index in [4.69, 9.17) is 14.2 Å². The molecule has 162 valence electrons. The Balaban J connectivity index is 1.54. The van der Waals surface area contributed by atoms with Gasteiger partial charge in [-0.2, -0.15) is 0 Å². The number of methoxy groups -OCH3 is 1. The smallest absolute Gasteiger partial charge is 0.319 e. The third kappa shape index (κ3) is 5.81. The second-order valence-electron chi connectivity index (χ2n) is 7.92. The van der Waals surface area contributed by atoms with Crippen molar-refractivity contribution in [3.8, 4) is 17.2 Å². The van der Waals surface area contributed by atoms with E-state index in [1.54, 1.807) is 13.2 Å². The van der Waals surface area contributed by atoms with Crippen LogP contribution in [-0.2, 0) is 0 Å². The number of anilines is 1. The third-order valence-electron chi connectivity index (χ3n) is 5.28. The molecule has 30 heavy (non-hydrogen) atoms. The Labute approximate surface area is 178 Å². The molecule has 0 aliphatic heterocycles. The van der Waals surface area contributed by atoms with Gasteiger partial charge in [-0.25, -0.2) is 4.79 Å². The highest BCUT2D eigenvalue weighted by atomic mass is 16.5. The molecule has 0 saturated heterocycles. The van der Waals surface area contributed by atoms with E-state index in [2.05, 4.69) is 10.6 Å². The number of aryl methyl sites for hydroxylation is 2. The van der Waals surface area contributed by atoms with Crippen LogP contribution in [0.3, 0.4) is 0 Å². The van der Waals surface area contributed by atoms with Crippen molar-refractivity contribution in [1.82, 2.24) is 5.32 Å². The lowest BCUT2D eigenvalue weighted by atomic mass is 10.1. The molecule has 2 aromatic carbocycles. The SMILES string of the molecule is COc1ccc(NC(=O)NC(C)COc2c(C)cccc2C)cc1OC1CCCC1. The number of benzene rings is 2. The maximum absolute atomic E-state index is 12.4. The van der Waals surface area contributed by atoms with Gasteiger partial charge in [-0.1, -0.05) is 18.2 Å². The summed E-state index contributed by atoms with van der Waals surface area (Å²) in [5.74, 6) is 2.20. The molecule has 0 heterocycles. The fraction of sp³-hybridized carbons (Fsp3) is 0.458. The summed E-state index contributed by atoms with van der Waals surface area (Å²) in [7, 11) is 1.62. The zero-order valence-electron chi connectivity index (χ0n) is 18.3. The molecular weight excluding hydrogens is 380 g/mol. The van der Waals surface area contributed by atoms with Crippen molar-refractivity contribution in [2.75, 3.05) is 19.0 Å². The molecule has 1 saturated carbocycles. The molecule has 0 radical (unpaired) electrons. The first kappa shape index (κ1) is 21.8. The molecule has 1 aliphatic rings. The van der Waals surface area contributed by atoms with Crippen LogP contribution in [-0.4, -0.2) is 31.9 Å². The van der Waals surface area contributed by atoms with E-state index in [1.807, 2.05) is 51.1 Å². The number of carbonyl (C=O) groups is 1. The summed E-state index contributed by atoms with van der Waals surface area (Å²) in [6.45, 7) is 6.33. The molecule has 1 aliphatic carbocycles. The number of para-hydroxylation sites is 1. The second kappa shape index (κ2) is 10.2. The molecule has 1 atom stereocenters. The molecule has 2 N–H and O–H groups in total. The molecule has 2 aromatic rings. The highest BCUT2D eigenvalue weighted by Crippen LogP contribution is 2.34. The first-order valence-corrected chi connectivity index (χ1v) is 10.6. The molecule has 0 bridgehead atoms. The minimum atomic E-state index is -0.287. The van der Waals surface area contributed by atoms with Gasteiger partial charge in [-0.05, 0) is 69.7 Å². The van der Waals surface area contributed by atoms with Gasteiger partial charge in [0.25, 0.3) is 0 Å². The number of hydrogen-bond acceptors (Lipinski definition) is 4. The minimum absolute atomic E-state index is 0.156. The van der Waals surface area contributed by atoms with Gasteiger partial charge < -0.3 is 24.8 Å². The molecule has 0 spiro atoms. The van der Waals surface area contributed by atoms with Gasteiger partial charge >= 0.3 is 6.03 Å². The summed E-state index contributed by atoms with van der Waals surface area (Å²) in [5.41, 5.74) is 2.82. The summed E-state index contributed by atoms with van der Waals surface area (Å²) >= 11 is 0. The molecule has 6 nitrogen and oxygen atoms in total. The Morgan fingerprint density at radius 2 is 1.80 bits per heavy atom. The lowest BCUT2D eigenvalue weighted by Crippen LogP contribution is -2.39. The predicted molar refractivity (Wildman–Crippen MR) is 119 cm³/mol. The van der Waals surface area contributed by atoms with Crippen LogP contribution >= 0.6 is 0 Å². The largest absolute Gasteiger partial charge is 0.493 e. The standard InChI is InChI=1S/C24H32N2O4/c1-16-8-7-9-17(2)23(16)29-15-18(3)25-24(27)26-19-12-13-21(28-4)22(14-19)30-20-10-5-6-11-20/h7-9,12-14,18,20H,5-6,10-11,15H2,1-4H3,(H2,25,26,27). The number of hydrogen-bond donors (Lipinski definition) is 2. The first-order chi connectivity index (χ1) is 14.5. The van der Waals surface area contributed by atoms with E-state index in [-0.39, 0.29) is 18.2 Å². The lowest BCUT2D eigenvalue weighted by molar-refractivity contribution is 0.201. The van der Waals surface area contributed by atoms with Crippen molar-refractivity contribution < 1.29 is 19.0 Å². The zero-order chi connectivity index (χ0) is 21.5. The summed E-state index contributed by atoms with van der Waals surface area (Å²) in [6.07, 6.45) is 4.70. The van der Waals surface area contributed by atoms with Crippen LogP contribution in [0.2, 0.25) is 0 Å². The fourth-order valence-corrected chi connectivity index (χ4v) is 3.70. The van der Waals surface area contributed by atoms with Crippen LogP contribution in [0.25, 0.3) is 0 Å². The van der Waals surface area contributed by atoms with Crippen LogP contribution in [0.15, 0.2) is 36.4 Å². The number of nitrogens with one attached hydrogen (secondary N) is 2. The number of carbonyl (C=O) groups excluding carboxylic acids is 1. The summed E-state index contributed by atoms with van der Waals surface area (Å²) in [4.78, 5) is 12.4. The Bertz CT molecular complexity index is 842. The van der Waals surface area contributed by atoms with Gasteiger partial charge in [0.15, 0.2) is 11.5 Å². The molecule has 1 unspecified atom stereocenters. The van der Waals surface area contributed by atoms with Gasteiger partial charge in [-0.3, -0.25) is 0 Å². The topological polar surface area (TPSA) is 68.8 Å². The van der Waals surface area contributed by atoms with Gasteiger partial charge in [0.1, 0.15) is 12.4 Å². The van der Waals surface area contributed by atoms with Crippen LogP contribution in [0.5, 0.6) is 17.2 Å². The monoisotopic (exact) mass is 412 g/mol. The van der Waals surface area contributed by atoms with Crippen molar-refractivity contribution in [1.29, 1.82) is 0 Å². The molecule has 6 heteroatoms. The summed E-state index contributed by atoms with van der Waals surface area (Å²) in [5, 5.41) is 5.78. The summed E-state index contributed by atoms with van der Waals surface area (Å²) < 4.78 is 17.4. The van der Waals surface area contributed by atoms with Crippen LogP contribution in [0.1, 0.15) is 43.7 Å². The van der Waals surface area contributed by atoms with Crippen molar-refractivity contribution in [2.24, 2.45) is 0 Å². The van der Waals surface area contributed by atoms with Crippen molar-refractivity contribution >= 4 is 11.7 Å². The molecule has 1 fully saturated rings. The van der Waals surface area contributed by atoms with E-state index in [9.17, 15) is 4.79 Å². The molecule has 2 amide bonds. The highest BCUT2D eigenvalue weighted by molar-refractivity contribution is 5.89. The van der Waals surface area contributed by atoms with Crippen molar-refractivity contribution in [3.63, 3.8) is 0 Å². The van der Waals surface area contributed by atoms with Crippen LogP contribution in [0.4, 0.5) is 10.5 Å². The van der Waals surface area contributed by atoms with Gasteiger partial charge in [-0.15, -0.1) is 0 Å². The van der Waals surface area contributed by atoms with Crippen molar-refractivity contribution in [2.45, 2.75) is 58.6 Å². The van der Waals surface area contributed by atoms with Crippen molar-refractivity contribution in [3.05, 3.63) is 47.5 Å². The van der Waals surface area contributed by atoms with Gasteiger partial charge in [0.05, 0.1) is 19.3 Å². The lowest BCUT2D eigenvalue weighted by Gasteiger charge is -2.19. The van der Waals surface area contributed by atoms with E-state index >= 15 is 0 Å². The fourth-order valence-electron chi connectivity index (χ4n) is 3.70.